The van der Waals surface area contributed by atoms with Crippen LogP contribution in [0.15, 0.2) is 0 Å². The van der Waals surface area contributed by atoms with Crippen LogP contribution in [0.3, 0.4) is 0 Å². The molecule has 1 fully saturated rings. The number of nitrogens with zero attached hydrogens (tertiary/aromatic N) is 1. The van der Waals surface area contributed by atoms with Gasteiger partial charge in [0, 0.05) is 13.0 Å². The smallest absolute Gasteiger partial charge is 0.448 e. The monoisotopic (exact) mass is 247 g/mol. The van der Waals surface area contributed by atoms with Crippen LogP contribution in [-0.4, -0.2) is 30.8 Å². The summed E-state index contributed by atoms with van der Waals surface area (Å²) in [5.41, 5.74) is 0. The molecule has 0 aromatic heterocycles. The van der Waals surface area contributed by atoms with Gasteiger partial charge in [0.05, 0.1) is 0 Å². The van der Waals surface area contributed by atoms with E-state index in [2.05, 4.69) is 0 Å². The Bertz CT molecular complexity index is 224. The Labute approximate surface area is 130 Å². The van der Waals surface area contributed by atoms with Crippen molar-refractivity contribution in [3.8, 4) is 0 Å². The summed E-state index contributed by atoms with van der Waals surface area (Å²) in [6.07, 6.45) is 0.608. The van der Waals surface area contributed by atoms with Crippen molar-refractivity contribution in [3.63, 3.8) is 0 Å². The minimum atomic E-state index is -4.88. The normalized spacial score (nSPS) is 23.3. The minimum absolute atomic E-state index is 0. The second-order valence-corrected chi connectivity index (χ2v) is 3.98. The fourth-order valence-electron chi connectivity index (χ4n) is 1.62. The zero-order valence-electron chi connectivity index (χ0n) is 9.18. The van der Waals surface area contributed by atoms with Crippen LogP contribution in [0, 0.1) is 5.92 Å². The maximum Gasteiger partial charge on any atom is 1.00 e. The molecular weight excluding hydrogens is 233 g/mol. The number of carbonyl (C=O) groups is 1. The number of halogens is 3. The fraction of sp³-hybridized carbons (Fsp3) is 0.875. The Balaban J connectivity index is 0.00000196. The van der Waals surface area contributed by atoms with E-state index >= 15 is 0 Å². The van der Waals surface area contributed by atoms with E-state index in [1.165, 1.54) is 0 Å². The number of hydrogen-bond acceptors (Lipinski definition) is 1. The van der Waals surface area contributed by atoms with E-state index in [1.807, 2.05) is 6.92 Å². The molecule has 1 unspecified atom stereocenters. The molecule has 1 atom stereocenters. The van der Waals surface area contributed by atoms with Gasteiger partial charge in [0.2, 0.25) is 5.91 Å². The summed E-state index contributed by atoms with van der Waals surface area (Å²) in [4.78, 5) is 12.2. The number of carbonyl (C=O) groups excluding carboxylic acids is 1. The van der Waals surface area contributed by atoms with Crippen LogP contribution in [0.25, 0.3) is 0 Å². The first kappa shape index (κ1) is 16.0. The average molecular weight is 247 g/mol. The molecule has 0 spiro atoms. The van der Waals surface area contributed by atoms with Crippen molar-refractivity contribution in [2.24, 2.45) is 5.92 Å². The van der Waals surface area contributed by atoms with Crippen LogP contribution in [-0.2, 0) is 4.79 Å². The summed E-state index contributed by atoms with van der Waals surface area (Å²) < 4.78 is 36.3. The first-order valence-electron chi connectivity index (χ1n) is 4.87. The molecule has 1 amide bonds. The van der Waals surface area contributed by atoms with E-state index in [0.29, 0.717) is 18.8 Å². The Morgan fingerprint density at radius 1 is 1.40 bits per heavy atom. The second kappa shape index (κ2) is 6.64. The molecular formula is C8H14BF3KNO. The molecule has 1 saturated heterocycles. The SMILES string of the molecule is CC1CCC(=O)N(C[B-](F)(F)F)CC1.[K+]. The van der Waals surface area contributed by atoms with E-state index < -0.39 is 13.4 Å². The number of amides is 1. The molecule has 15 heavy (non-hydrogen) atoms. The van der Waals surface area contributed by atoms with Crippen molar-refractivity contribution in [3.05, 3.63) is 0 Å². The summed E-state index contributed by atoms with van der Waals surface area (Å²) in [5.74, 6) is -0.00164. The first-order chi connectivity index (χ1) is 6.38. The topological polar surface area (TPSA) is 20.3 Å². The number of likely N-dealkylation sites (tertiary alicyclic amines) is 1. The summed E-state index contributed by atoms with van der Waals surface area (Å²) in [5, 5.41) is 0. The summed E-state index contributed by atoms with van der Waals surface area (Å²) in [6, 6.07) is 0. The zero-order valence-corrected chi connectivity index (χ0v) is 12.3. The molecule has 0 aromatic carbocycles. The van der Waals surface area contributed by atoms with Gasteiger partial charge in [-0.2, -0.15) is 0 Å². The van der Waals surface area contributed by atoms with E-state index in [0.717, 1.165) is 4.90 Å². The van der Waals surface area contributed by atoms with Crippen LogP contribution >= 0.6 is 0 Å². The van der Waals surface area contributed by atoms with Gasteiger partial charge in [0.25, 0.3) is 0 Å². The Morgan fingerprint density at radius 2 is 2.00 bits per heavy atom. The quantitative estimate of drug-likeness (QED) is 0.575. The van der Waals surface area contributed by atoms with Crippen LogP contribution in [0.4, 0.5) is 12.9 Å². The van der Waals surface area contributed by atoms with Gasteiger partial charge in [-0.1, -0.05) is 6.92 Å². The molecule has 0 saturated carbocycles. The fourth-order valence-corrected chi connectivity index (χ4v) is 1.62. The van der Waals surface area contributed by atoms with Crippen molar-refractivity contribution in [1.29, 1.82) is 0 Å². The zero-order chi connectivity index (χ0) is 10.8. The summed E-state index contributed by atoms with van der Waals surface area (Å²) in [7, 11) is 0. The van der Waals surface area contributed by atoms with E-state index in [4.69, 9.17) is 0 Å². The van der Waals surface area contributed by atoms with Crippen LogP contribution in [0.1, 0.15) is 26.2 Å². The Hall–Kier alpha value is 0.961. The third-order valence-electron chi connectivity index (χ3n) is 2.52. The van der Waals surface area contributed by atoms with Crippen molar-refractivity contribution >= 4 is 12.9 Å². The summed E-state index contributed by atoms with van der Waals surface area (Å²) in [6.45, 7) is -2.66. The minimum Gasteiger partial charge on any atom is -0.448 e. The molecule has 82 valence electrons. The molecule has 0 radical (unpaired) electrons. The molecule has 0 N–H and O–H groups in total. The Morgan fingerprint density at radius 3 is 2.53 bits per heavy atom. The van der Waals surface area contributed by atoms with Crippen molar-refractivity contribution in [2.75, 3.05) is 13.0 Å². The van der Waals surface area contributed by atoms with Crippen molar-refractivity contribution < 1.29 is 69.1 Å². The van der Waals surface area contributed by atoms with Gasteiger partial charge in [-0.15, -0.1) is 0 Å². The molecule has 7 heteroatoms. The van der Waals surface area contributed by atoms with Gasteiger partial charge in [0.15, 0.2) is 0 Å². The van der Waals surface area contributed by atoms with Crippen LogP contribution < -0.4 is 51.4 Å². The molecule has 0 bridgehead atoms. The van der Waals surface area contributed by atoms with E-state index in [9.17, 15) is 17.7 Å². The Kier molecular flexibility index (Phi) is 7.06. The number of rotatable bonds is 2. The van der Waals surface area contributed by atoms with Crippen LogP contribution in [0.2, 0.25) is 0 Å². The second-order valence-electron chi connectivity index (χ2n) is 3.98. The van der Waals surface area contributed by atoms with E-state index in [1.54, 1.807) is 0 Å². The maximum atomic E-state index is 12.1. The summed E-state index contributed by atoms with van der Waals surface area (Å²) >= 11 is 0. The molecule has 1 rings (SSSR count). The van der Waals surface area contributed by atoms with Gasteiger partial charge in [-0.05, 0) is 25.2 Å². The molecule has 0 aliphatic carbocycles. The predicted molar refractivity (Wildman–Crippen MR) is 48.7 cm³/mol. The van der Waals surface area contributed by atoms with Gasteiger partial charge in [-0.3, -0.25) is 4.79 Å². The largest absolute Gasteiger partial charge is 1.00 e. The number of hydrogen-bond donors (Lipinski definition) is 0. The predicted octanol–water partition coefficient (Wildman–Crippen LogP) is -0.974. The van der Waals surface area contributed by atoms with Crippen LogP contribution in [0.5, 0.6) is 0 Å². The molecule has 0 aromatic rings. The molecule has 1 heterocycles. The third-order valence-corrected chi connectivity index (χ3v) is 2.52. The first-order valence-corrected chi connectivity index (χ1v) is 4.87. The molecule has 1 aliphatic rings. The standard InChI is InChI=1S/C8H14BF3NO.K/c1-7-2-3-8(14)13(5-4-7)6-9(10,11)12;/h7H,2-6H2,1H3;/q-1;+1. The average Bonchev–Trinajstić information content (AvgIpc) is 2.17. The van der Waals surface area contributed by atoms with Gasteiger partial charge >= 0.3 is 58.4 Å². The third kappa shape index (κ3) is 6.31. The van der Waals surface area contributed by atoms with Gasteiger partial charge < -0.3 is 17.8 Å². The van der Waals surface area contributed by atoms with Gasteiger partial charge in [-0.25, -0.2) is 0 Å². The van der Waals surface area contributed by atoms with Crippen molar-refractivity contribution in [1.82, 2.24) is 4.90 Å². The molecule has 1 aliphatic heterocycles. The van der Waals surface area contributed by atoms with Crippen molar-refractivity contribution in [2.45, 2.75) is 26.2 Å². The maximum absolute atomic E-state index is 12.1. The van der Waals surface area contributed by atoms with E-state index in [-0.39, 0.29) is 70.3 Å². The molecule has 2 nitrogen and oxygen atoms in total. The van der Waals surface area contributed by atoms with Gasteiger partial charge in [0.1, 0.15) is 0 Å².